The number of halogens is 1. The molecular weight excluding hydrogens is 341 g/mol. The minimum atomic E-state index is -0.417. The molecule has 2 aromatic carbocycles. The van der Waals surface area contributed by atoms with Crippen LogP contribution in [-0.4, -0.2) is 22.1 Å². The van der Waals surface area contributed by atoms with Gasteiger partial charge in [-0.1, -0.05) is 24.3 Å². The highest BCUT2D eigenvalue weighted by Gasteiger charge is 2.13. The number of fused-ring (bicyclic) bond motifs is 1. The minimum Gasteiger partial charge on any atom is -0.494 e. The Balaban J connectivity index is 1.84. The largest absolute Gasteiger partial charge is 0.494 e. The molecule has 0 aliphatic rings. The molecule has 5 heteroatoms. The number of aryl methyl sites for hydroxylation is 2. The maximum atomic E-state index is 14.1. The van der Waals surface area contributed by atoms with E-state index in [1.54, 1.807) is 12.1 Å². The lowest BCUT2D eigenvalue weighted by Crippen LogP contribution is -1.98. The number of hydrogen-bond donors (Lipinski definition) is 0. The number of ether oxygens (including phenoxy) is 1. The molecule has 0 saturated carbocycles. The molecule has 0 bridgehead atoms. The highest BCUT2D eigenvalue weighted by atomic mass is 19.1. The average Bonchev–Trinajstić information content (AvgIpc) is 2.68. The van der Waals surface area contributed by atoms with Crippen LogP contribution in [0.5, 0.6) is 5.75 Å². The molecule has 0 N–H and O–H groups in total. The summed E-state index contributed by atoms with van der Waals surface area (Å²) in [7, 11) is 1.45. The fourth-order valence-electron chi connectivity index (χ4n) is 3.11. The summed E-state index contributed by atoms with van der Waals surface area (Å²) in [5, 5.41) is 1.02. The van der Waals surface area contributed by atoms with Gasteiger partial charge in [-0.15, -0.1) is 0 Å². The predicted molar refractivity (Wildman–Crippen MR) is 104 cm³/mol. The standard InChI is InChI=1S/C22H18FN3O/c1-13-8-10-19(22-24-14(2)16-6-4-5-7-18(16)26-22)25-21(13)15-9-11-20(27-3)17(23)12-15/h4-12H,1-3H3. The van der Waals surface area contributed by atoms with Crippen LogP contribution in [0, 0.1) is 19.7 Å². The second-order valence-corrected chi connectivity index (χ2v) is 6.36. The molecule has 4 nitrogen and oxygen atoms in total. The van der Waals surface area contributed by atoms with Crippen molar-refractivity contribution < 1.29 is 9.13 Å². The van der Waals surface area contributed by atoms with E-state index >= 15 is 0 Å². The van der Waals surface area contributed by atoms with Gasteiger partial charge in [-0.05, 0) is 49.7 Å². The SMILES string of the molecule is COc1ccc(-c2nc(-c3nc(C)c4ccccc4n3)ccc2C)cc1F. The first kappa shape index (κ1) is 17.1. The lowest BCUT2D eigenvalue weighted by Gasteiger charge is -2.10. The van der Waals surface area contributed by atoms with E-state index < -0.39 is 5.82 Å². The number of pyridine rings is 1. The van der Waals surface area contributed by atoms with Crippen molar-refractivity contribution in [1.82, 2.24) is 15.0 Å². The van der Waals surface area contributed by atoms with Crippen molar-refractivity contribution in [3.63, 3.8) is 0 Å². The third-order valence-corrected chi connectivity index (χ3v) is 4.55. The molecule has 134 valence electrons. The summed E-state index contributed by atoms with van der Waals surface area (Å²) in [5.41, 5.74) is 4.75. The highest BCUT2D eigenvalue weighted by Crippen LogP contribution is 2.29. The van der Waals surface area contributed by atoms with E-state index in [-0.39, 0.29) is 5.75 Å². The van der Waals surface area contributed by atoms with Crippen LogP contribution in [0.25, 0.3) is 33.7 Å². The fourth-order valence-corrected chi connectivity index (χ4v) is 3.11. The lowest BCUT2D eigenvalue weighted by molar-refractivity contribution is 0.386. The van der Waals surface area contributed by atoms with Crippen molar-refractivity contribution >= 4 is 10.9 Å². The van der Waals surface area contributed by atoms with Gasteiger partial charge in [-0.2, -0.15) is 0 Å². The first-order valence-corrected chi connectivity index (χ1v) is 8.62. The molecule has 0 atom stereocenters. The molecule has 0 spiro atoms. The molecule has 0 amide bonds. The van der Waals surface area contributed by atoms with Gasteiger partial charge in [0.05, 0.1) is 18.3 Å². The molecule has 4 aromatic rings. The number of hydrogen-bond acceptors (Lipinski definition) is 4. The van der Waals surface area contributed by atoms with Crippen LogP contribution in [0.1, 0.15) is 11.3 Å². The Bertz CT molecular complexity index is 1160. The van der Waals surface area contributed by atoms with Crippen molar-refractivity contribution in [3.05, 3.63) is 71.7 Å². The van der Waals surface area contributed by atoms with Gasteiger partial charge in [-0.25, -0.2) is 19.3 Å². The molecule has 0 unspecified atom stereocenters. The van der Waals surface area contributed by atoms with Crippen molar-refractivity contribution in [2.75, 3.05) is 7.11 Å². The second kappa shape index (κ2) is 6.76. The van der Waals surface area contributed by atoms with Gasteiger partial charge in [0.25, 0.3) is 0 Å². The maximum absolute atomic E-state index is 14.1. The Hall–Kier alpha value is -3.34. The van der Waals surface area contributed by atoms with Crippen LogP contribution < -0.4 is 4.74 Å². The summed E-state index contributed by atoms with van der Waals surface area (Å²) in [6, 6.07) is 16.6. The Morgan fingerprint density at radius 3 is 2.48 bits per heavy atom. The van der Waals surface area contributed by atoms with Gasteiger partial charge < -0.3 is 4.74 Å². The van der Waals surface area contributed by atoms with Crippen LogP contribution in [0.2, 0.25) is 0 Å². The van der Waals surface area contributed by atoms with E-state index in [0.29, 0.717) is 22.8 Å². The van der Waals surface area contributed by atoms with E-state index in [0.717, 1.165) is 22.2 Å². The minimum absolute atomic E-state index is 0.209. The number of methoxy groups -OCH3 is 1. The Morgan fingerprint density at radius 1 is 0.889 bits per heavy atom. The van der Waals surface area contributed by atoms with E-state index in [4.69, 9.17) is 9.72 Å². The van der Waals surface area contributed by atoms with E-state index in [2.05, 4.69) is 9.97 Å². The molecule has 0 aliphatic heterocycles. The first-order chi connectivity index (χ1) is 13.1. The molecule has 0 aliphatic carbocycles. The van der Waals surface area contributed by atoms with Crippen LogP contribution in [-0.2, 0) is 0 Å². The molecule has 2 heterocycles. The van der Waals surface area contributed by atoms with Crippen molar-refractivity contribution in [3.8, 4) is 28.5 Å². The third kappa shape index (κ3) is 3.12. The van der Waals surface area contributed by atoms with E-state index in [9.17, 15) is 4.39 Å². The van der Waals surface area contributed by atoms with Gasteiger partial charge >= 0.3 is 0 Å². The summed E-state index contributed by atoms with van der Waals surface area (Å²) in [6.45, 7) is 3.90. The monoisotopic (exact) mass is 359 g/mol. The average molecular weight is 359 g/mol. The van der Waals surface area contributed by atoms with E-state index in [1.807, 2.05) is 50.2 Å². The zero-order chi connectivity index (χ0) is 19.0. The Labute approximate surface area is 156 Å². The normalized spacial score (nSPS) is 11.0. The van der Waals surface area contributed by atoms with Crippen LogP contribution in [0.3, 0.4) is 0 Å². The van der Waals surface area contributed by atoms with Crippen molar-refractivity contribution in [2.24, 2.45) is 0 Å². The van der Waals surface area contributed by atoms with Gasteiger partial charge in [0.1, 0.15) is 5.69 Å². The fraction of sp³-hybridized carbons (Fsp3) is 0.136. The van der Waals surface area contributed by atoms with Crippen molar-refractivity contribution in [1.29, 1.82) is 0 Å². The van der Waals surface area contributed by atoms with Gasteiger partial charge in [-0.3, -0.25) is 0 Å². The summed E-state index contributed by atoms with van der Waals surface area (Å²) >= 11 is 0. The lowest BCUT2D eigenvalue weighted by atomic mass is 10.1. The summed E-state index contributed by atoms with van der Waals surface area (Å²) in [6.07, 6.45) is 0. The second-order valence-electron chi connectivity index (χ2n) is 6.36. The van der Waals surface area contributed by atoms with E-state index in [1.165, 1.54) is 13.2 Å². The van der Waals surface area contributed by atoms with Crippen molar-refractivity contribution in [2.45, 2.75) is 13.8 Å². The Kier molecular flexibility index (Phi) is 4.28. The molecule has 0 saturated heterocycles. The molecular formula is C22H18FN3O. The molecule has 27 heavy (non-hydrogen) atoms. The number of nitrogens with zero attached hydrogens (tertiary/aromatic N) is 3. The molecule has 2 aromatic heterocycles. The smallest absolute Gasteiger partial charge is 0.178 e. The zero-order valence-corrected chi connectivity index (χ0v) is 15.3. The summed E-state index contributed by atoms with van der Waals surface area (Å²) in [4.78, 5) is 14.0. The maximum Gasteiger partial charge on any atom is 0.178 e. The van der Waals surface area contributed by atoms with Crippen LogP contribution in [0.15, 0.2) is 54.6 Å². The number of para-hydroxylation sites is 1. The number of aromatic nitrogens is 3. The first-order valence-electron chi connectivity index (χ1n) is 8.62. The quantitative estimate of drug-likeness (QED) is 0.509. The molecule has 4 rings (SSSR count). The van der Waals surface area contributed by atoms with Gasteiger partial charge in [0.2, 0.25) is 0 Å². The third-order valence-electron chi connectivity index (χ3n) is 4.55. The number of rotatable bonds is 3. The van der Waals surface area contributed by atoms with Gasteiger partial charge in [0, 0.05) is 16.6 Å². The molecule has 0 fully saturated rings. The zero-order valence-electron chi connectivity index (χ0n) is 15.3. The highest BCUT2D eigenvalue weighted by molar-refractivity contribution is 5.82. The van der Waals surface area contributed by atoms with Gasteiger partial charge in [0.15, 0.2) is 17.4 Å². The van der Waals surface area contributed by atoms with Crippen LogP contribution >= 0.6 is 0 Å². The number of benzene rings is 2. The molecule has 0 radical (unpaired) electrons. The Morgan fingerprint density at radius 2 is 1.70 bits per heavy atom. The topological polar surface area (TPSA) is 47.9 Å². The summed E-state index contributed by atoms with van der Waals surface area (Å²) < 4.78 is 19.1. The van der Waals surface area contributed by atoms with Crippen LogP contribution in [0.4, 0.5) is 4.39 Å². The predicted octanol–water partition coefficient (Wildman–Crippen LogP) is 5.12. The summed E-state index contributed by atoms with van der Waals surface area (Å²) in [5.74, 6) is 0.349.